The van der Waals surface area contributed by atoms with Crippen molar-refractivity contribution in [3.05, 3.63) is 135 Å². The first-order valence-electron chi connectivity index (χ1n) is 14.9. The lowest BCUT2D eigenvalue weighted by Crippen LogP contribution is -2.26. The molecule has 44 heavy (non-hydrogen) atoms. The number of carbonyl (C=O) groups is 1. The minimum absolute atomic E-state index is 0.0795. The summed E-state index contributed by atoms with van der Waals surface area (Å²) < 4.78 is 7.51. The first kappa shape index (κ1) is 28.9. The monoisotopic (exact) mass is 584 g/mol. The number of rotatable bonds is 8. The van der Waals surface area contributed by atoms with Crippen LogP contribution in [0.5, 0.6) is 0 Å². The van der Waals surface area contributed by atoms with Crippen molar-refractivity contribution in [1.29, 1.82) is 0 Å². The first-order chi connectivity index (χ1) is 21.2. The van der Waals surface area contributed by atoms with E-state index in [2.05, 4.69) is 102 Å². The van der Waals surface area contributed by atoms with Crippen molar-refractivity contribution in [1.82, 2.24) is 20.1 Å². The standard InChI is InChI=1S/C37H36N4O3/c1-22(2)28-9-8-10-29(19-28)24(4)38-35(42)30-17-18-34-33(20-30)23(3)25(5)41(34)21-26-13-15-27(16-14-26)31-11-6-7-12-32(31)36-39-40-37(43)44-36/h6-20,22,24H,21H2,1-5H3,(H,38,42)(H,40,43)/t24-/m0/s1. The maximum Gasteiger partial charge on any atom is 0.434 e. The third kappa shape index (κ3) is 5.61. The third-order valence-corrected chi connectivity index (χ3v) is 8.53. The Morgan fingerprint density at radius 2 is 1.61 bits per heavy atom. The minimum Gasteiger partial charge on any atom is -0.388 e. The van der Waals surface area contributed by atoms with Gasteiger partial charge in [0.2, 0.25) is 5.89 Å². The van der Waals surface area contributed by atoms with E-state index in [1.807, 2.05) is 43.3 Å². The minimum atomic E-state index is -0.579. The van der Waals surface area contributed by atoms with Crippen molar-refractivity contribution in [2.75, 3.05) is 0 Å². The van der Waals surface area contributed by atoms with Gasteiger partial charge in [0.1, 0.15) is 0 Å². The molecule has 0 aliphatic rings. The molecule has 0 radical (unpaired) electrons. The molecule has 0 saturated heterocycles. The Morgan fingerprint density at radius 3 is 2.32 bits per heavy atom. The van der Waals surface area contributed by atoms with Crippen molar-refractivity contribution in [3.8, 4) is 22.6 Å². The van der Waals surface area contributed by atoms with Gasteiger partial charge in [0, 0.05) is 34.3 Å². The van der Waals surface area contributed by atoms with E-state index in [0.717, 1.165) is 38.7 Å². The van der Waals surface area contributed by atoms with Gasteiger partial charge in [-0.25, -0.2) is 9.89 Å². The number of hydrogen-bond acceptors (Lipinski definition) is 4. The molecule has 0 aliphatic heterocycles. The van der Waals surface area contributed by atoms with Gasteiger partial charge in [-0.3, -0.25) is 4.79 Å². The molecule has 7 heteroatoms. The topological polar surface area (TPSA) is 92.9 Å². The predicted molar refractivity (Wildman–Crippen MR) is 175 cm³/mol. The predicted octanol–water partition coefficient (Wildman–Crippen LogP) is 7.93. The van der Waals surface area contributed by atoms with Gasteiger partial charge in [-0.15, -0.1) is 5.10 Å². The molecule has 6 aromatic rings. The highest BCUT2D eigenvalue weighted by molar-refractivity contribution is 5.99. The molecule has 2 aromatic heterocycles. The summed E-state index contributed by atoms with van der Waals surface area (Å²) in [5, 5.41) is 10.6. The molecule has 1 atom stereocenters. The van der Waals surface area contributed by atoms with Crippen LogP contribution >= 0.6 is 0 Å². The van der Waals surface area contributed by atoms with Crippen LogP contribution in [0.2, 0.25) is 0 Å². The van der Waals surface area contributed by atoms with Gasteiger partial charge in [0.15, 0.2) is 0 Å². The summed E-state index contributed by atoms with van der Waals surface area (Å²) in [7, 11) is 0. The first-order valence-corrected chi connectivity index (χ1v) is 14.9. The average molecular weight is 585 g/mol. The highest BCUT2D eigenvalue weighted by atomic mass is 16.4. The zero-order chi connectivity index (χ0) is 31.0. The van der Waals surface area contributed by atoms with Crippen molar-refractivity contribution in [2.24, 2.45) is 0 Å². The van der Waals surface area contributed by atoms with Gasteiger partial charge < -0.3 is 14.3 Å². The van der Waals surface area contributed by atoms with Crippen LogP contribution < -0.4 is 11.1 Å². The molecule has 2 heterocycles. The molecule has 0 saturated carbocycles. The molecule has 7 nitrogen and oxygen atoms in total. The third-order valence-electron chi connectivity index (χ3n) is 8.53. The van der Waals surface area contributed by atoms with Crippen LogP contribution in [0.1, 0.15) is 71.0 Å². The summed E-state index contributed by atoms with van der Waals surface area (Å²) in [4.78, 5) is 24.8. The lowest BCUT2D eigenvalue weighted by molar-refractivity contribution is 0.0940. The fourth-order valence-electron chi connectivity index (χ4n) is 5.78. The van der Waals surface area contributed by atoms with Crippen LogP contribution in [0.25, 0.3) is 33.5 Å². The number of benzene rings is 4. The lowest BCUT2D eigenvalue weighted by atomic mass is 9.98. The number of hydrogen-bond donors (Lipinski definition) is 2. The number of aromatic nitrogens is 3. The number of aromatic amines is 1. The molecule has 1 amide bonds. The second kappa shape index (κ2) is 11.8. The van der Waals surface area contributed by atoms with Gasteiger partial charge in [-0.1, -0.05) is 80.6 Å². The number of H-pyrrole nitrogens is 1. The zero-order valence-corrected chi connectivity index (χ0v) is 25.6. The second-order valence-electron chi connectivity index (χ2n) is 11.7. The fraction of sp³-hybridized carbons (Fsp3) is 0.216. The average Bonchev–Trinajstić information content (AvgIpc) is 3.57. The Morgan fingerprint density at radius 1 is 0.886 bits per heavy atom. The van der Waals surface area contributed by atoms with Crippen molar-refractivity contribution in [3.63, 3.8) is 0 Å². The van der Waals surface area contributed by atoms with Gasteiger partial charge in [0.05, 0.1) is 6.04 Å². The fourth-order valence-corrected chi connectivity index (χ4v) is 5.78. The van der Waals surface area contributed by atoms with Gasteiger partial charge in [-0.05, 0) is 84.3 Å². The van der Waals surface area contributed by atoms with E-state index in [0.29, 0.717) is 18.0 Å². The maximum absolute atomic E-state index is 13.3. The number of nitrogens with zero attached hydrogens (tertiary/aromatic N) is 2. The number of carbonyl (C=O) groups excluding carboxylic acids is 1. The Hall–Kier alpha value is -5.17. The second-order valence-corrected chi connectivity index (χ2v) is 11.7. The molecule has 0 fully saturated rings. The summed E-state index contributed by atoms with van der Waals surface area (Å²) in [6.45, 7) is 11.3. The molecule has 0 aliphatic carbocycles. The van der Waals surface area contributed by atoms with Crippen LogP contribution in [0.3, 0.4) is 0 Å². The largest absolute Gasteiger partial charge is 0.434 e. The number of fused-ring (bicyclic) bond motifs is 1. The highest BCUT2D eigenvalue weighted by Gasteiger charge is 2.17. The number of nitrogens with one attached hydrogen (secondary N) is 2. The van der Waals surface area contributed by atoms with Crippen LogP contribution in [-0.4, -0.2) is 20.7 Å². The van der Waals surface area contributed by atoms with Crippen molar-refractivity contribution in [2.45, 2.75) is 53.1 Å². The molecular formula is C37H36N4O3. The smallest absolute Gasteiger partial charge is 0.388 e. The van der Waals surface area contributed by atoms with E-state index in [9.17, 15) is 9.59 Å². The molecule has 2 N–H and O–H groups in total. The van der Waals surface area contributed by atoms with E-state index < -0.39 is 5.76 Å². The SMILES string of the molecule is Cc1c(C)n(Cc2ccc(-c3ccccc3-c3n[nH]c(=O)o3)cc2)c2ccc(C(=O)N[C@@H](C)c3cccc(C(C)C)c3)cc12. The molecule has 0 unspecified atom stereocenters. The molecule has 0 spiro atoms. The summed E-state index contributed by atoms with van der Waals surface area (Å²) >= 11 is 0. The van der Waals surface area contributed by atoms with Gasteiger partial charge in [0.25, 0.3) is 5.91 Å². The highest BCUT2D eigenvalue weighted by Crippen LogP contribution is 2.32. The van der Waals surface area contributed by atoms with E-state index in [1.54, 1.807) is 0 Å². The Balaban J connectivity index is 1.23. The van der Waals surface area contributed by atoms with Crippen LogP contribution in [-0.2, 0) is 6.54 Å². The lowest BCUT2D eigenvalue weighted by Gasteiger charge is -2.16. The number of aryl methyl sites for hydroxylation is 1. The van der Waals surface area contributed by atoms with E-state index in [-0.39, 0.29) is 17.8 Å². The molecule has 4 aromatic carbocycles. The quantitative estimate of drug-likeness (QED) is 0.190. The molecule has 222 valence electrons. The summed E-state index contributed by atoms with van der Waals surface area (Å²) in [5.74, 6) is 0.0409. The molecule has 6 rings (SSSR count). The van der Waals surface area contributed by atoms with E-state index in [4.69, 9.17) is 4.42 Å². The molecule has 0 bridgehead atoms. The van der Waals surface area contributed by atoms with Crippen LogP contribution in [0.15, 0.2) is 100 Å². The number of amides is 1. The summed E-state index contributed by atoms with van der Waals surface area (Å²) in [6, 6.07) is 30.4. The van der Waals surface area contributed by atoms with Crippen molar-refractivity contribution >= 4 is 16.8 Å². The normalized spacial score (nSPS) is 12.1. The Bertz CT molecular complexity index is 2030. The Kier molecular flexibility index (Phi) is 7.78. The van der Waals surface area contributed by atoms with E-state index >= 15 is 0 Å². The van der Waals surface area contributed by atoms with Crippen LogP contribution in [0.4, 0.5) is 0 Å². The summed E-state index contributed by atoms with van der Waals surface area (Å²) in [6.07, 6.45) is 0. The maximum atomic E-state index is 13.3. The zero-order valence-electron chi connectivity index (χ0n) is 25.6. The molecular weight excluding hydrogens is 548 g/mol. The van der Waals surface area contributed by atoms with E-state index in [1.165, 1.54) is 16.8 Å². The van der Waals surface area contributed by atoms with Crippen molar-refractivity contribution < 1.29 is 9.21 Å². The summed E-state index contributed by atoms with van der Waals surface area (Å²) in [5.41, 5.74) is 10.3. The van der Waals surface area contributed by atoms with Gasteiger partial charge >= 0.3 is 5.76 Å². The van der Waals surface area contributed by atoms with Gasteiger partial charge in [-0.2, -0.15) is 0 Å². The Labute approximate surface area is 256 Å². The van der Waals surface area contributed by atoms with Crippen LogP contribution in [0, 0.1) is 13.8 Å².